The summed E-state index contributed by atoms with van der Waals surface area (Å²) < 4.78 is 13.9. The monoisotopic (exact) mass is 362 g/mol. The van der Waals surface area contributed by atoms with E-state index in [1.54, 1.807) is 12.1 Å². The standard InChI is InChI=1S/C17H16BrFN2O/c18-14-3-1-2-13(12-14)17(22)21-10-8-20(9-11-21)16-6-4-15(19)5-7-16/h1-7,12H,8-11H2. The molecule has 1 aliphatic rings. The van der Waals surface area contributed by atoms with E-state index < -0.39 is 0 Å². The van der Waals surface area contributed by atoms with Gasteiger partial charge < -0.3 is 9.80 Å². The lowest BCUT2D eigenvalue weighted by molar-refractivity contribution is 0.0746. The van der Waals surface area contributed by atoms with Gasteiger partial charge in [0.15, 0.2) is 0 Å². The first-order valence-electron chi connectivity index (χ1n) is 7.19. The van der Waals surface area contributed by atoms with Crippen molar-refractivity contribution >= 4 is 27.5 Å². The van der Waals surface area contributed by atoms with E-state index in [0.717, 1.165) is 23.2 Å². The van der Waals surface area contributed by atoms with E-state index in [1.807, 2.05) is 29.2 Å². The zero-order valence-electron chi connectivity index (χ0n) is 12.0. The molecule has 1 amide bonds. The Morgan fingerprint density at radius 2 is 1.68 bits per heavy atom. The van der Waals surface area contributed by atoms with Crippen molar-refractivity contribution in [1.29, 1.82) is 0 Å². The Morgan fingerprint density at radius 1 is 1.00 bits per heavy atom. The van der Waals surface area contributed by atoms with Gasteiger partial charge in [-0.25, -0.2) is 4.39 Å². The molecule has 3 nitrogen and oxygen atoms in total. The summed E-state index contributed by atoms with van der Waals surface area (Å²) in [6, 6.07) is 13.9. The lowest BCUT2D eigenvalue weighted by atomic mass is 10.1. The lowest BCUT2D eigenvalue weighted by Gasteiger charge is -2.36. The van der Waals surface area contributed by atoms with Crippen LogP contribution in [0.3, 0.4) is 0 Å². The molecule has 0 atom stereocenters. The lowest BCUT2D eigenvalue weighted by Crippen LogP contribution is -2.48. The highest BCUT2D eigenvalue weighted by Crippen LogP contribution is 2.19. The summed E-state index contributed by atoms with van der Waals surface area (Å²) in [5.41, 5.74) is 1.69. The Labute approximate surface area is 137 Å². The number of anilines is 1. The van der Waals surface area contributed by atoms with Gasteiger partial charge in [0, 0.05) is 41.9 Å². The summed E-state index contributed by atoms with van der Waals surface area (Å²) in [7, 11) is 0. The average molecular weight is 363 g/mol. The molecule has 1 saturated heterocycles. The van der Waals surface area contributed by atoms with E-state index in [4.69, 9.17) is 0 Å². The number of halogens is 2. The van der Waals surface area contributed by atoms with Crippen LogP contribution < -0.4 is 4.90 Å². The Kier molecular flexibility index (Phi) is 4.43. The number of hydrogen-bond donors (Lipinski definition) is 0. The number of amides is 1. The van der Waals surface area contributed by atoms with Gasteiger partial charge in [-0.3, -0.25) is 4.79 Å². The molecule has 22 heavy (non-hydrogen) atoms. The Balaban J connectivity index is 1.64. The molecule has 2 aromatic carbocycles. The molecule has 5 heteroatoms. The molecule has 0 saturated carbocycles. The number of carbonyl (C=O) groups excluding carboxylic acids is 1. The van der Waals surface area contributed by atoms with Crippen LogP contribution in [0.15, 0.2) is 53.0 Å². The molecule has 0 unspecified atom stereocenters. The second-order valence-corrected chi connectivity index (χ2v) is 6.18. The zero-order valence-corrected chi connectivity index (χ0v) is 13.6. The second kappa shape index (κ2) is 6.48. The quantitative estimate of drug-likeness (QED) is 0.815. The van der Waals surface area contributed by atoms with E-state index in [-0.39, 0.29) is 11.7 Å². The Hall–Kier alpha value is -1.88. The van der Waals surface area contributed by atoms with Crippen molar-refractivity contribution in [3.63, 3.8) is 0 Å². The molecule has 1 heterocycles. The fourth-order valence-electron chi connectivity index (χ4n) is 2.62. The van der Waals surface area contributed by atoms with Crippen molar-refractivity contribution < 1.29 is 9.18 Å². The van der Waals surface area contributed by atoms with Crippen molar-refractivity contribution in [2.24, 2.45) is 0 Å². The highest BCUT2D eigenvalue weighted by molar-refractivity contribution is 9.10. The van der Waals surface area contributed by atoms with Crippen molar-refractivity contribution in [2.75, 3.05) is 31.1 Å². The maximum atomic E-state index is 13.0. The van der Waals surface area contributed by atoms with Gasteiger partial charge in [0.25, 0.3) is 5.91 Å². The van der Waals surface area contributed by atoms with Crippen LogP contribution in [-0.2, 0) is 0 Å². The largest absolute Gasteiger partial charge is 0.368 e. The first-order chi connectivity index (χ1) is 10.6. The second-order valence-electron chi connectivity index (χ2n) is 5.27. The normalized spacial score (nSPS) is 15.0. The van der Waals surface area contributed by atoms with Crippen LogP contribution in [0.1, 0.15) is 10.4 Å². The molecular formula is C17H16BrFN2O. The van der Waals surface area contributed by atoms with E-state index >= 15 is 0 Å². The molecule has 114 valence electrons. The molecule has 0 aliphatic carbocycles. The summed E-state index contributed by atoms with van der Waals surface area (Å²) in [4.78, 5) is 16.5. The molecule has 0 aromatic heterocycles. The predicted octanol–water partition coefficient (Wildman–Crippen LogP) is 3.55. The van der Waals surface area contributed by atoms with Gasteiger partial charge >= 0.3 is 0 Å². The Morgan fingerprint density at radius 3 is 2.32 bits per heavy atom. The fourth-order valence-corrected chi connectivity index (χ4v) is 3.02. The van der Waals surface area contributed by atoms with E-state index in [0.29, 0.717) is 18.7 Å². The third-order valence-electron chi connectivity index (χ3n) is 3.83. The summed E-state index contributed by atoms with van der Waals surface area (Å²) >= 11 is 3.39. The molecule has 0 radical (unpaired) electrons. The predicted molar refractivity (Wildman–Crippen MR) is 88.7 cm³/mol. The van der Waals surface area contributed by atoms with Gasteiger partial charge in [-0.15, -0.1) is 0 Å². The Bertz CT molecular complexity index is 667. The third-order valence-corrected chi connectivity index (χ3v) is 4.32. The molecule has 1 fully saturated rings. The number of piperazine rings is 1. The summed E-state index contributed by atoms with van der Waals surface area (Å²) in [5.74, 6) is -0.174. The highest BCUT2D eigenvalue weighted by Gasteiger charge is 2.22. The molecule has 0 N–H and O–H groups in total. The number of nitrogens with zero attached hydrogens (tertiary/aromatic N) is 2. The molecule has 0 spiro atoms. The minimum Gasteiger partial charge on any atom is -0.368 e. The van der Waals surface area contributed by atoms with E-state index in [2.05, 4.69) is 20.8 Å². The highest BCUT2D eigenvalue weighted by atomic mass is 79.9. The van der Waals surface area contributed by atoms with Crippen molar-refractivity contribution in [3.05, 3.63) is 64.4 Å². The van der Waals surface area contributed by atoms with Crippen LogP contribution in [0.2, 0.25) is 0 Å². The van der Waals surface area contributed by atoms with Gasteiger partial charge in [0.05, 0.1) is 0 Å². The van der Waals surface area contributed by atoms with Gasteiger partial charge in [-0.2, -0.15) is 0 Å². The van der Waals surface area contributed by atoms with E-state index in [9.17, 15) is 9.18 Å². The van der Waals surface area contributed by atoms with Gasteiger partial charge in [0.1, 0.15) is 5.82 Å². The summed E-state index contributed by atoms with van der Waals surface area (Å²) in [5, 5.41) is 0. The number of hydrogen-bond acceptors (Lipinski definition) is 2. The molecule has 2 aromatic rings. The molecule has 0 bridgehead atoms. The SMILES string of the molecule is O=C(c1cccc(Br)c1)N1CCN(c2ccc(F)cc2)CC1. The maximum absolute atomic E-state index is 13.0. The molecule has 1 aliphatic heterocycles. The summed E-state index contributed by atoms with van der Waals surface area (Å²) in [6.45, 7) is 2.85. The fraction of sp³-hybridized carbons (Fsp3) is 0.235. The minimum atomic E-state index is -0.229. The number of rotatable bonds is 2. The van der Waals surface area contributed by atoms with Crippen LogP contribution in [0.5, 0.6) is 0 Å². The van der Waals surface area contributed by atoms with Crippen LogP contribution in [-0.4, -0.2) is 37.0 Å². The van der Waals surface area contributed by atoms with Crippen LogP contribution in [0, 0.1) is 5.82 Å². The minimum absolute atomic E-state index is 0.0556. The van der Waals surface area contributed by atoms with Crippen molar-refractivity contribution in [2.45, 2.75) is 0 Å². The van der Waals surface area contributed by atoms with Crippen LogP contribution in [0.4, 0.5) is 10.1 Å². The number of carbonyl (C=O) groups is 1. The molecular weight excluding hydrogens is 347 g/mol. The van der Waals surface area contributed by atoms with Gasteiger partial charge in [-0.05, 0) is 42.5 Å². The maximum Gasteiger partial charge on any atom is 0.254 e. The summed E-state index contributed by atoms with van der Waals surface area (Å²) in [6.07, 6.45) is 0. The van der Waals surface area contributed by atoms with Crippen molar-refractivity contribution in [1.82, 2.24) is 4.90 Å². The molecule has 3 rings (SSSR count). The van der Waals surface area contributed by atoms with Gasteiger partial charge in [-0.1, -0.05) is 22.0 Å². The number of benzene rings is 2. The first kappa shape index (κ1) is 15.0. The third kappa shape index (κ3) is 3.30. The van der Waals surface area contributed by atoms with Gasteiger partial charge in [0.2, 0.25) is 0 Å². The smallest absolute Gasteiger partial charge is 0.254 e. The van der Waals surface area contributed by atoms with E-state index in [1.165, 1.54) is 12.1 Å². The zero-order chi connectivity index (χ0) is 15.5. The average Bonchev–Trinajstić information content (AvgIpc) is 2.55. The van der Waals surface area contributed by atoms with Crippen LogP contribution in [0.25, 0.3) is 0 Å². The first-order valence-corrected chi connectivity index (χ1v) is 7.98. The van der Waals surface area contributed by atoms with Crippen molar-refractivity contribution in [3.8, 4) is 0 Å². The van der Waals surface area contributed by atoms with Crippen LogP contribution >= 0.6 is 15.9 Å². The topological polar surface area (TPSA) is 23.6 Å².